The second-order valence-electron chi connectivity index (χ2n) is 3.22. The number of nitrogen functional groups attached to an aromatic ring is 1. The van der Waals surface area contributed by atoms with Gasteiger partial charge in [-0.3, -0.25) is 0 Å². The summed E-state index contributed by atoms with van der Waals surface area (Å²) in [5, 5.41) is 0. The summed E-state index contributed by atoms with van der Waals surface area (Å²) in [5.74, 6) is 1.01. The van der Waals surface area contributed by atoms with Crippen molar-refractivity contribution in [3.63, 3.8) is 0 Å². The summed E-state index contributed by atoms with van der Waals surface area (Å²) in [6, 6.07) is 5.85. The lowest BCUT2D eigenvalue weighted by molar-refractivity contribution is 0.228. The van der Waals surface area contributed by atoms with Gasteiger partial charge in [0, 0.05) is 12.1 Å². The lowest BCUT2D eigenvalue weighted by atomic mass is 10.1. The maximum atomic E-state index is 5.66. The number of hydrogen-bond acceptors (Lipinski definition) is 2. The summed E-state index contributed by atoms with van der Waals surface area (Å²) in [7, 11) is 0. The Morgan fingerprint density at radius 3 is 3.17 bits per heavy atom. The van der Waals surface area contributed by atoms with Crippen molar-refractivity contribution < 1.29 is 4.74 Å². The Labute approximate surface area is 72.3 Å². The topological polar surface area (TPSA) is 35.2 Å². The van der Waals surface area contributed by atoms with Crippen LogP contribution in [0.4, 0.5) is 5.69 Å². The van der Waals surface area contributed by atoms with Gasteiger partial charge in [0.15, 0.2) is 0 Å². The molecule has 2 heteroatoms. The van der Waals surface area contributed by atoms with Crippen LogP contribution in [-0.4, -0.2) is 6.10 Å². The standard InChI is InChI=1S/C10H13NO/c1-2-9-6-7-5-8(11)3-4-10(7)12-9/h3-5,9H,2,6,11H2,1H3. The Balaban J connectivity index is 2.30. The summed E-state index contributed by atoms with van der Waals surface area (Å²) < 4.78 is 5.66. The molecule has 2 nitrogen and oxygen atoms in total. The van der Waals surface area contributed by atoms with Crippen LogP contribution in [0, 0.1) is 0 Å². The largest absolute Gasteiger partial charge is 0.490 e. The zero-order chi connectivity index (χ0) is 8.55. The number of nitrogens with two attached hydrogens (primary N) is 1. The Morgan fingerprint density at radius 1 is 1.58 bits per heavy atom. The maximum Gasteiger partial charge on any atom is 0.123 e. The van der Waals surface area contributed by atoms with Gasteiger partial charge in [-0.05, 0) is 30.2 Å². The van der Waals surface area contributed by atoms with Crippen molar-refractivity contribution in [1.29, 1.82) is 0 Å². The molecule has 12 heavy (non-hydrogen) atoms. The van der Waals surface area contributed by atoms with Gasteiger partial charge >= 0.3 is 0 Å². The second-order valence-corrected chi connectivity index (χ2v) is 3.22. The Kier molecular flexibility index (Phi) is 1.68. The number of hydrogen-bond donors (Lipinski definition) is 1. The van der Waals surface area contributed by atoms with Crippen molar-refractivity contribution in [3.8, 4) is 5.75 Å². The molecule has 0 spiro atoms. The third-order valence-corrected chi connectivity index (χ3v) is 2.28. The zero-order valence-corrected chi connectivity index (χ0v) is 7.21. The molecule has 0 saturated carbocycles. The minimum Gasteiger partial charge on any atom is -0.490 e. The van der Waals surface area contributed by atoms with E-state index >= 15 is 0 Å². The fourth-order valence-corrected chi connectivity index (χ4v) is 1.57. The highest BCUT2D eigenvalue weighted by Crippen LogP contribution is 2.31. The zero-order valence-electron chi connectivity index (χ0n) is 7.21. The monoisotopic (exact) mass is 163 g/mol. The first-order chi connectivity index (χ1) is 5.79. The summed E-state index contributed by atoms with van der Waals surface area (Å²) in [4.78, 5) is 0. The van der Waals surface area contributed by atoms with Gasteiger partial charge in [0.05, 0.1) is 0 Å². The minimum atomic E-state index is 0.363. The molecule has 0 radical (unpaired) electrons. The summed E-state index contributed by atoms with van der Waals surface area (Å²) >= 11 is 0. The average molecular weight is 163 g/mol. The molecule has 1 unspecified atom stereocenters. The molecule has 1 aromatic rings. The summed E-state index contributed by atoms with van der Waals surface area (Å²) in [6.07, 6.45) is 2.44. The van der Waals surface area contributed by atoms with Crippen LogP contribution in [-0.2, 0) is 6.42 Å². The molecule has 2 rings (SSSR count). The first kappa shape index (κ1) is 7.47. The van der Waals surface area contributed by atoms with Crippen molar-refractivity contribution in [3.05, 3.63) is 23.8 Å². The van der Waals surface area contributed by atoms with E-state index in [2.05, 4.69) is 6.92 Å². The Morgan fingerprint density at radius 2 is 2.42 bits per heavy atom. The first-order valence-electron chi connectivity index (χ1n) is 4.34. The minimum absolute atomic E-state index is 0.363. The predicted octanol–water partition coefficient (Wildman–Crippen LogP) is 1.98. The molecular formula is C10H13NO. The number of fused-ring (bicyclic) bond motifs is 1. The van der Waals surface area contributed by atoms with Crippen LogP contribution < -0.4 is 10.5 Å². The smallest absolute Gasteiger partial charge is 0.123 e. The molecule has 1 aliphatic rings. The molecule has 64 valence electrons. The van der Waals surface area contributed by atoms with Gasteiger partial charge in [0.25, 0.3) is 0 Å². The van der Waals surface area contributed by atoms with Gasteiger partial charge < -0.3 is 10.5 Å². The predicted molar refractivity (Wildman–Crippen MR) is 49.3 cm³/mol. The summed E-state index contributed by atoms with van der Waals surface area (Å²) in [5.41, 5.74) is 7.74. The number of rotatable bonds is 1. The summed E-state index contributed by atoms with van der Waals surface area (Å²) in [6.45, 7) is 2.14. The highest BCUT2D eigenvalue weighted by molar-refractivity contribution is 5.49. The molecule has 0 fully saturated rings. The molecule has 1 aliphatic heterocycles. The van der Waals surface area contributed by atoms with Crippen LogP contribution in [0.1, 0.15) is 18.9 Å². The van der Waals surface area contributed by atoms with Gasteiger partial charge in [0.2, 0.25) is 0 Å². The maximum absolute atomic E-state index is 5.66. The van der Waals surface area contributed by atoms with E-state index in [0.29, 0.717) is 6.10 Å². The van der Waals surface area contributed by atoms with E-state index in [0.717, 1.165) is 24.3 Å². The van der Waals surface area contributed by atoms with Gasteiger partial charge in [0.1, 0.15) is 11.9 Å². The van der Waals surface area contributed by atoms with Gasteiger partial charge in [-0.2, -0.15) is 0 Å². The van der Waals surface area contributed by atoms with E-state index in [9.17, 15) is 0 Å². The fraction of sp³-hybridized carbons (Fsp3) is 0.400. The van der Waals surface area contributed by atoms with E-state index in [1.54, 1.807) is 0 Å². The van der Waals surface area contributed by atoms with E-state index in [-0.39, 0.29) is 0 Å². The molecule has 2 N–H and O–H groups in total. The van der Waals surface area contributed by atoms with Crippen LogP contribution in [0.5, 0.6) is 5.75 Å². The van der Waals surface area contributed by atoms with Crippen LogP contribution in [0.15, 0.2) is 18.2 Å². The average Bonchev–Trinajstić information content (AvgIpc) is 2.46. The fourth-order valence-electron chi connectivity index (χ4n) is 1.57. The number of anilines is 1. The third kappa shape index (κ3) is 1.13. The van der Waals surface area contributed by atoms with E-state index < -0.39 is 0 Å². The van der Waals surface area contributed by atoms with Crippen molar-refractivity contribution in [2.45, 2.75) is 25.9 Å². The van der Waals surface area contributed by atoms with Crippen molar-refractivity contribution in [1.82, 2.24) is 0 Å². The van der Waals surface area contributed by atoms with Gasteiger partial charge in [-0.15, -0.1) is 0 Å². The van der Waals surface area contributed by atoms with E-state index in [1.165, 1.54) is 5.56 Å². The number of benzene rings is 1. The van der Waals surface area contributed by atoms with E-state index in [4.69, 9.17) is 10.5 Å². The quantitative estimate of drug-likeness (QED) is 0.642. The molecule has 1 aromatic carbocycles. The van der Waals surface area contributed by atoms with Crippen LogP contribution in [0.3, 0.4) is 0 Å². The van der Waals surface area contributed by atoms with Crippen molar-refractivity contribution in [2.24, 2.45) is 0 Å². The molecule has 0 bridgehead atoms. The molecule has 1 heterocycles. The molecular weight excluding hydrogens is 150 g/mol. The van der Waals surface area contributed by atoms with Crippen molar-refractivity contribution in [2.75, 3.05) is 5.73 Å². The SMILES string of the molecule is CCC1Cc2cc(N)ccc2O1. The molecule has 0 saturated heterocycles. The van der Waals surface area contributed by atoms with Crippen LogP contribution in [0.2, 0.25) is 0 Å². The van der Waals surface area contributed by atoms with Gasteiger partial charge in [-0.25, -0.2) is 0 Å². The van der Waals surface area contributed by atoms with Crippen LogP contribution >= 0.6 is 0 Å². The highest BCUT2D eigenvalue weighted by atomic mass is 16.5. The molecule has 0 aromatic heterocycles. The lowest BCUT2D eigenvalue weighted by Crippen LogP contribution is -2.10. The Hall–Kier alpha value is -1.18. The Bertz CT molecular complexity index is 296. The van der Waals surface area contributed by atoms with E-state index in [1.807, 2.05) is 18.2 Å². The lowest BCUT2D eigenvalue weighted by Gasteiger charge is -2.05. The van der Waals surface area contributed by atoms with Gasteiger partial charge in [-0.1, -0.05) is 6.92 Å². The first-order valence-corrected chi connectivity index (χ1v) is 4.34. The molecule has 0 aliphatic carbocycles. The van der Waals surface area contributed by atoms with Crippen molar-refractivity contribution >= 4 is 5.69 Å². The second kappa shape index (κ2) is 2.70. The third-order valence-electron chi connectivity index (χ3n) is 2.28. The molecule has 0 amide bonds. The highest BCUT2D eigenvalue weighted by Gasteiger charge is 2.20. The normalized spacial score (nSPS) is 20.2. The molecule has 1 atom stereocenters. The number of ether oxygens (including phenoxy) is 1. The van der Waals surface area contributed by atoms with Crippen LogP contribution in [0.25, 0.3) is 0 Å².